The number of rotatable bonds is 3. The summed E-state index contributed by atoms with van der Waals surface area (Å²) in [5.74, 6) is 1.12. The van der Waals surface area contributed by atoms with Gasteiger partial charge >= 0.3 is 0 Å². The Balaban J connectivity index is 1.82. The van der Waals surface area contributed by atoms with Gasteiger partial charge in [0.1, 0.15) is 0 Å². The van der Waals surface area contributed by atoms with Crippen LogP contribution in [0.3, 0.4) is 0 Å². The molecule has 0 amide bonds. The summed E-state index contributed by atoms with van der Waals surface area (Å²) in [7, 11) is 4.02. The minimum absolute atomic E-state index is 0.203. The van der Waals surface area contributed by atoms with Crippen molar-refractivity contribution in [3.8, 4) is 0 Å². The molecular weight excluding hydrogens is 316 g/mol. The summed E-state index contributed by atoms with van der Waals surface area (Å²) in [6.07, 6.45) is 2.38. The van der Waals surface area contributed by atoms with Crippen LogP contribution in [0.15, 0.2) is 22.7 Å². The number of carbonyl (C=O) groups is 1. The normalized spacial score (nSPS) is 28.4. The van der Waals surface area contributed by atoms with Gasteiger partial charge in [-0.3, -0.25) is 4.79 Å². The van der Waals surface area contributed by atoms with Crippen molar-refractivity contribution in [1.29, 1.82) is 0 Å². The van der Waals surface area contributed by atoms with Gasteiger partial charge in [-0.2, -0.15) is 0 Å². The first-order valence-corrected chi connectivity index (χ1v) is 8.09. The Morgan fingerprint density at radius 3 is 2.50 bits per heavy atom. The average Bonchev–Trinajstić information content (AvgIpc) is 2.47. The Morgan fingerprint density at radius 1 is 1.30 bits per heavy atom. The Morgan fingerprint density at radius 2 is 2.00 bits per heavy atom. The van der Waals surface area contributed by atoms with Crippen molar-refractivity contribution in [3.05, 3.63) is 28.2 Å². The van der Waals surface area contributed by atoms with E-state index < -0.39 is 0 Å². The molecule has 3 aliphatic heterocycles. The fourth-order valence-corrected chi connectivity index (χ4v) is 4.23. The van der Waals surface area contributed by atoms with Gasteiger partial charge in [-0.05, 0) is 66.0 Å². The second-order valence-electron chi connectivity index (χ2n) is 6.17. The summed E-state index contributed by atoms with van der Waals surface area (Å²) in [6.45, 7) is 3.31. The van der Waals surface area contributed by atoms with E-state index in [0.29, 0.717) is 11.7 Å². The number of benzene rings is 1. The molecule has 1 aromatic rings. The highest BCUT2D eigenvalue weighted by Gasteiger charge is 2.38. The van der Waals surface area contributed by atoms with Crippen molar-refractivity contribution in [1.82, 2.24) is 4.90 Å². The SMILES string of the molecule is CN(C)c1ccc(C(=O)C2CN3CCC2CC3)cc1Br. The van der Waals surface area contributed by atoms with Crippen LogP contribution < -0.4 is 4.90 Å². The maximum absolute atomic E-state index is 12.8. The average molecular weight is 337 g/mol. The van der Waals surface area contributed by atoms with Gasteiger partial charge in [0.25, 0.3) is 0 Å². The van der Waals surface area contributed by atoms with Gasteiger partial charge in [-0.25, -0.2) is 0 Å². The third-order valence-electron chi connectivity index (χ3n) is 4.71. The standard InChI is InChI=1S/C16H21BrN2O/c1-18(2)15-4-3-12(9-14(15)17)16(20)13-10-19-7-5-11(13)6-8-19/h3-4,9,11,13H,5-8,10H2,1-2H3. The largest absolute Gasteiger partial charge is 0.377 e. The third kappa shape index (κ3) is 2.51. The van der Waals surface area contributed by atoms with E-state index in [1.807, 2.05) is 37.2 Å². The van der Waals surface area contributed by atoms with Gasteiger partial charge in [0.15, 0.2) is 5.78 Å². The molecule has 2 bridgehead atoms. The molecule has 3 fully saturated rings. The lowest BCUT2D eigenvalue weighted by molar-refractivity contribution is 0.0419. The molecule has 0 saturated carbocycles. The predicted molar refractivity (Wildman–Crippen MR) is 85.5 cm³/mol. The fourth-order valence-electron chi connectivity index (χ4n) is 3.50. The molecule has 0 spiro atoms. The smallest absolute Gasteiger partial charge is 0.167 e. The number of hydrogen-bond acceptors (Lipinski definition) is 3. The molecule has 1 unspecified atom stereocenters. The third-order valence-corrected chi connectivity index (χ3v) is 5.34. The lowest BCUT2D eigenvalue weighted by atomic mass is 9.75. The summed E-state index contributed by atoms with van der Waals surface area (Å²) in [5, 5.41) is 0. The number of halogens is 1. The summed E-state index contributed by atoms with van der Waals surface area (Å²) in [4.78, 5) is 17.2. The number of hydrogen-bond donors (Lipinski definition) is 0. The highest BCUT2D eigenvalue weighted by Crippen LogP contribution is 2.35. The first-order valence-electron chi connectivity index (χ1n) is 7.29. The molecule has 4 heteroatoms. The molecular formula is C16H21BrN2O. The molecule has 20 heavy (non-hydrogen) atoms. The second kappa shape index (κ2) is 5.49. The Labute approximate surface area is 129 Å². The van der Waals surface area contributed by atoms with Crippen molar-refractivity contribution in [3.63, 3.8) is 0 Å². The number of fused-ring (bicyclic) bond motifs is 3. The van der Waals surface area contributed by atoms with Crippen LogP contribution in [0, 0.1) is 11.8 Å². The molecule has 3 nitrogen and oxygen atoms in total. The molecule has 0 aliphatic carbocycles. The van der Waals surface area contributed by atoms with E-state index in [4.69, 9.17) is 0 Å². The number of carbonyl (C=O) groups excluding carboxylic acids is 1. The van der Waals surface area contributed by atoms with Crippen LogP contribution in [0.5, 0.6) is 0 Å². The minimum Gasteiger partial charge on any atom is -0.377 e. The second-order valence-corrected chi connectivity index (χ2v) is 7.02. The van der Waals surface area contributed by atoms with E-state index in [9.17, 15) is 4.79 Å². The first-order chi connectivity index (χ1) is 9.56. The zero-order valence-electron chi connectivity index (χ0n) is 12.1. The van der Waals surface area contributed by atoms with Crippen molar-refractivity contribution >= 4 is 27.4 Å². The van der Waals surface area contributed by atoms with Crippen molar-refractivity contribution in [2.24, 2.45) is 11.8 Å². The molecule has 0 radical (unpaired) electrons. The summed E-state index contributed by atoms with van der Waals surface area (Å²) in [5.41, 5.74) is 1.96. The molecule has 0 N–H and O–H groups in total. The van der Waals surface area contributed by atoms with Gasteiger partial charge in [-0.1, -0.05) is 0 Å². The van der Waals surface area contributed by atoms with E-state index in [0.717, 1.165) is 22.3 Å². The number of piperidine rings is 3. The molecule has 4 rings (SSSR count). The lowest BCUT2D eigenvalue weighted by Crippen LogP contribution is -2.50. The topological polar surface area (TPSA) is 23.6 Å². The fraction of sp³-hybridized carbons (Fsp3) is 0.562. The maximum atomic E-state index is 12.8. The lowest BCUT2D eigenvalue weighted by Gasteiger charge is -2.44. The van der Waals surface area contributed by atoms with Gasteiger partial charge < -0.3 is 9.80 Å². The van der Waals surface area contributed by atoms with E-state index in [-0.39, 0.29) is 5.92 Å². The maximum Gasteiger partial charge on any atom is 0.167 e. The molecule has 3 heterocycles. The monoisotopic (exact) mass is 336 g/mol. The van der Waals surface area contributed by atoms with Crippen molar-refractivity contribution < 1.29 is 4.79 Å². The molecule has 1 atom stereocenters. The molecule has 3 aliphatic rings. The van der Waals surface area contributed by atoms with Crippen molar-refractivity contribution in [2.75, 3.05) is 38.6 Å². The minimum atomic E-state index is 0.203. The van der Waals surface area contributed by atoms with Crippen LogP contribution in [-0.2, 0) is 0 Å². The summed E-state index contributed by atoms with van der Waals surface area (Å²) in [6, 6.07) is 5.98. The Kier molecular flexibility index (Phi) is 3.87. The molecule has 1 aromatic carbocycles. The highest BCUT2D eigenvalue weighted by molar-refractivity contribution is 9.10. The van der Waals surface area contributed by atoms with Gasteiger partial charge in [0, 0.05) is 36.6 Å². The van der Waals surface area contributed by atoms with Crippen LogP contribution in [0.4, 0.5) is 5.69 Å². The molecule has 108 valence electrons. The van der Waals surface area contributed by atoms with Crippen LogP contribution in [0.2, 0.25) is 0 Å². The Bertz CT molecular complexity index is 521. The number of Topliss-reactive ketones (excluding diaryl/α,β-unsaturated/α-hetero) is 1. The summed E-state index contributed by atoms with van der Waals surface area (Å²) >= 11 is 3.58. The number of ketones is 1. The molecule has 0 aromatic heterocycles. The quantitative estimate of drug-likeness (QED) is 0.792. The first kappa shape index (κ1) is 14.1. The predicted octanol–water partition coefficient (Wildman–Crippen LogP) is 3.04. The summed E-state index contributed by atoms with van der Waals surface area (Å²) < 4.78 is 0.995. The van der Waals surface area contributed by atoms with Crippen LogP contribution in [0.25, 0.3) is 0 Å². The van der Waals surface area contributed by atoms with Gasteiger partial charge in [0.2, 0.25) is 0 Å². The number of anilines is 1. The zero-order chi connectivity index (χ0) is 14.3. The van der Waals surface area contributed by atoms with Crippen molar-refractivity contribution in [2.45, 2.75) is 12.8 Å². The van der Waals surface area contributed by atoms with E-state index >= 15 is 0 Å². The Hall–Kier alpha value is -0.870. The van der Waals surface area contributed by atoms with Crippen LogP contribution >= 0.6 is 15.9 Å². The van der Waals surface area contributed by atoms with Gasteiger partial charge in [0.05, 0.1) is 5.69 Å². The highest BCUT2D eigenvalue weighted by atomic mass is 79.9. The van der Waals surface area contributed by atoms with Crippen LogP contribution in [-0.4, -0.2) is 44.4 Å². The number of nitrogens with zero attached hydrogens (tertiary/aromatic N) is 2. The van der Waals surface area contributed by atoms with E-state index in [2.05, 4.69) is 20.8 Å². The van der Waals surface area contributed by atoms with E-state index in [1.54, 1.807) is 0 Å². The van der Waals surface area contributed by atoms with E-state index in [1.165, 1.54) is 25.9 Å². The van der Waals surface area contributed by atoms with Gasteiger partial charge in [-0.15, -0.1) is 0 Å². The zero-order valence-corrected chi connectivity index (χ0v) is 13.7. The van der Waals surface area contributed by atoms with Crippen LogP contribution in [0.1, 0.15) is 23.2 Å². The molecule has 3 saturated heterocycles.